The highest BCUT2D eigenvalue weighted by molar-refractivity contribution is 6.31. The van der Waals surface area contributed by atoms with Gasteiger partial charge in [0.25, 0.3) is 5.91 Å². The fourth-order valence-corrected chi connectivity index (χ4v) is 3.30. The van der Waals surface area contributed by atoms with Crippen molar-refractivity contribution in [1.82, 2.24) is 24.5 Å². The normalized spacial score (nSPS) is 15.8. The fourth-order valence-electron chi connectivity index (χ4n) is 3.17. The number of piperidine rings is 1. The van der Waals surface area contributed by atoms with Gasteiger partial charge in [-0.1, -0.05) is 11.6 Å². The van der Waals surface area contributed by atoms with Crippen LogP contribution in [0.5, 0.6) is 0 Å². The van der Waals surface area contributed by atoms with Crippen molar-refractivity contribution in [3.05, 3.63) is 28.8 Å². The van der Waals surface area contributed by atoms with Gasteiger partial charge in [0.15, 0.2) is 0 Å². The molecule has 26 heavy (non-hydrogen) atoms. The number of hydrogen-bond donors (Lipinski definition) is 1. The van der Waals surface area contributed by atoms with Crippen LogP contribution in [0.4, 0.5) is 5.69 Å². The zero-order valence-electron chi connectivity index (χ0n) is 15.2. The van der Waals surface area contributed by atoms with E-state index in [4.69, 9.17) is 11.6 Å². The van der Waals surface area contributed by atoms with E-state index in [0.717, 1.165) is 32.4 Å². The molecule has 0 radical (unpaired) electrons. The smallest absolute Gasteiger partial charge is 0.274 e. The predicted molar refractivity (Wildman–Crippen MR) is 98.3 cm³/mol. The molecule has 1 aliphatic rings. The van der Waals surface area contributed by atoms with Crippen molar-refractivity contribution in [2.45, 2.75) is 39.2 Å². The summed E-state index contributed by atoms with van der Waals surface area (Å²) < 4.78 is 3.06. The van der Waals surface area contributed by atoms with Crippen molar-refractivity contribution in [3.63, 3.8) is 0 Å². The van der Waals surface area contributed by atoms with Gasteiger partial charge in [0.05, 0.1) is 28.8 Å². The average molecular weight is 379 g/mol. The minimum Gasteiger partial charge on any atom is -0.337 e. The number of anilines is 1. The molecule has 0 aliphatic carbocycles. The van der Waals surface area contributed by atoms with Crippen LogP contribution in [0, 0.1) is 6.92 Å². The Bertz CT molecular complexity index is 821. The molecule has 2 aromatic rings. The molecule has 8 nitrogen and oxygen atoms in total. The molecule has 140 valence electrons. The molecule has 2 amide bonds. The number of rotatable bonds is 4. The van der Waals surface area contributed by atoms with Crippen LogP contribution in [-0.2, 0) is 11.8 Å². The molecule has 2 aromatic heterocycles. The van der Waals surface area contributed by atoms with Gasteiger partial charge < -0.3 is 10.2 Å². The third-order valence-electron chi connectivity index (χ3n) is 4.77. The molecule has 3 heterocycles. The third-order valence-corrected chi connectivity index (χ3v) is 5.14. The largest absolute Gasteiger partial charge is 0.337 e. The first-order chi connectivity index (χ1) is 12.4. The highest BCUT2D eigenvalue weighted by Crippen LogP contribution is 2.22. The van der Waals surface area contributed by atoms with Gasteiger partial charge in [0, 0.05) is 20.1 Å². The summed E-state index contributed by atoms with van der Waals surface area (Å²) in [5.41, 5.74) is 1.52. The van der Waals surface area contributed by atoms with Gasteiger partial charge in [-0.3, -0.25) is 19.0 Å². The Morgan fingerprint density at radius 3 is 2.50 bits per heavy atom. The van der Waals surface area contributed by atoms with E-state index in [1.807, 2.05) is 4.90 Å². The zero-order valence-corrected chi connectivity index (χ0v) is 16.0. The van der Waals surface area contributed by atoms with Gasteiger partial charge in [0.1, 0.15) is 11.7 Å². The Balaban J connectivity index is 1.79. The summed E-state index contributed by atoms with van der Waals surface area (Å²) in [5.74, 6) is -0.389. The molecule has 1 saturated heterocycles. The molecule has 1 atom stereocenters. The standard InChI is InChI=1S/C17H23ClN6O2/c1-11-13(18)9-20-24(11)12(2)16(25)21-14-10-19-22(3)15(14)17(26)23-7-5-4-6-8-23/h9-10,12H,4-8H2,1-3H3,(H,21,25)/t12-/m0/s1. The monoisotopic (exact) mass is 378 g/mol. The van der Waals surface area contributed by atoms with E-state index in [2.05, 4.69) is 15.5 Å². The van der Waals surface area contributed by atoms with Crippen molar-refractivity contribution in [2.24, 2.45) is 7.05 Å². The molecule has 0 saturated carbocycles. The zero-order chi connectivity index (χ0) is 18.8. The molecule has 1 N–H and O–H groups in total. The summed E-state index contributed by atoms with van der Waals surface area (Å²) in [6.07, 6.45) is 6.16. The minimum atomic E-state index is -0.569. The molecular formula is C17H23ClN6O2. The maximum Gasteiger partial charge on any atom is 0.274 e. The number of hydrogen-bond acceptors (Lipinski definition) is 4. The first-order valence-corrected chi connectivity index (χ1v) is 9.09. The minimum absolute atomic E-state index is 0.106. The van der Waals surface area contributed by atoms with E-state index < -0.39 is 6.04 Å². The maximum atomic E-state index is 12.9. The van der Waals surface area contributed by atoms with Gasteiger partial charge in [0.2, 0.25) is 5.91 Å². The predicted octanol–water partition coefficient (Wildman–Crippen LogP) is 2.40. The molecule has 1 aliphatic heterocycles. The fraction of sp³-hybridized carbons (Fsp3) is 0.529. The molecular weight excluding hydrogens is 356 g/mol. The molecule has 0 spiro atoms. The Morgan fingerprint density at radius 1 is 1.19 bits per heavy atom. The van der Waals surface area contributed by atoms with Crippen molar-refractivity contribution in [1.29, 1.82) is 0 Å². The van der Waals surface area contributed by atoms with E-state index in [0.29, 0.717) is 22.1 Å². The second kappa shape index (κ2) is 7.49. The maximum absolute atomic E-state index is 12.9. The van der Waals surface area contributed by atoms with Crippen LogP contribution in [0.15, 0.2) is 12.4 Å². The highest BCUT2D eigenvalue weighted by Gasteiger charge is 2.27. The number of aromatic nitrogens is 4. The summed E-state index contributed by atoms with van der Waals surface area (Å²) >= 11 is 6.02. The average Bonchev–Trinajstić information content (AvgIpc) is 3.17. The highest BCUT2D eigenvalue weighted by atomic mass is 35.5. The first-order valence-electron chi connectivity index (χ1n) is 8.72. The Hall–Kier alpha value is -2.35. The molecule has 0 aromatic carbocycles. The summed E-state index contributed by atoms with van der Waals surface area (Å²) in [7, 11) is 1.70. The van der Waals surface area contributed by atoms with Gasteiger partial charge >= 0.3 is 0 Å². The van der Waals surface area contributed by atoms with Crippen LogP contribution in [0.2, 0.25) is 5.02 Å². The molecule has 0 unspecified atom stereocenters. The van der Waals surface area contributed by atoms with Gasteiger partial charge in [-0.25, -0.2) is 0 Å². The second-order valence-corrected chi connectivity index (χ2v) is 6.98. The van der Waals surface area contributed by atoms with Crippen molar-refractivity contribution < 1.29 is 9.59 Å². The van der Waals surface area contributed by atoms with Gasteiger partial charge in [-0.15, -0.1) is 0 Å². The molecule has 1 fully saturated rings. The van der Waals surface area contributed by atoms with Crippen LogP contribution in [0.3, 0.4) is 0 Å². The number of likely N-dealkylation sites (tertiary alicyclic amines) is 1. The summed E-state index contributed by atoms with van der Waals surface area (Å²) in [6.45, 7) is 5.00. The van der Waals surface area contributed by atoms with Crippen molar-refractivity contribution >= 4 is 29.1 Å². The van der Waals surface area contributed by atoms with Gasteiger partial charge in [-0.05, 0) is 33.1 Å². The number of halogens is 1. The lowest BCUT2D eigenvalue weighted by Crippen LogP contribution is -2.37. The van der Waals surface area contributed by atoms with E-state index >= 15 is 0 Å². The van der Waals surface area contributed by atoms with Crippen molar-refractivity contribution in [2.75, 3.05) is 18.4 Å². The number of carbonyl (C=O) groups is 2. The summed E-state index contributed by atoms with van der Waals surface area (Å²) in [5, 5.41) is 11.6. The molecule has 0 bridgehead atoms. The van der Waals surface area contributed by atoms with Crippen molar-refractivity contribution in [3.8, 4) is 0 Å². The molecule has 3 rings (SSSR count). The van der Waals surface area contributed by atoms with E-state index in [1.54, 1.807) is 25.6 Å². The third kappa shape index (κ3) is 3.46. The lowest BCUT2D eigenvalue weighted by Gasteiger charge is -2.27. The number of carbonyl (C=O) groups excluding carboxylic acids is 2. The van der Waals surface area contributed by atoms with Crippen LogP contribution in [0.25, 0.3) is 0 Å². The van der Waals surface area contributed by atoms with Crippen LogP contribution in [-0.4, -0.2) is 49.4 Å². The Morgan fingerprint density at radius 2 is 1.88 bits per heavy atom. The second-order valence-electron chi connectivity index (χ2n) is 6.57. The lowest BCUT2D eigenvalue weighted by atomic mass is 10.1. The SMILES string of the molecule is Cc1c(Cl)cnn1[C@@H](C)C(=O)Nc1cnn(C)c1C(=O)N1CCCCC1. The summed E-state index contributed by atoms with van der Waals surface area (Å²) in [4.78, 5) is 27.3. The van der Waals surface area contributed by atoms with E-state index in [9.17, 15) is 9.59 Å². The molecule has 9 heteroatoms. The lowest BCUT2D eigenvalue weighted by molar-refractivity contribution is -0.119. The number of amides is 2. The van der Waals surface area contributed by atoms with Crippen LogP contribution >= 0.6 is 11.6 Å². The first kappa shape index (κ1) is 18.4. The van der Waals surface area contributed by atoms with Crippen LogP contribution in [0.1, 0.15) is 48.4 Å². The van der Waals surface area contributed by atoms with E-state index in [-0.39, 0.29) is 11.8 Å². The van der Waals surface area contributed by atoms with Crippen LogP contribution < -0.4 is 5.32 Å². The Kier molecular flexibility index (Phi) is 5.31. The number of nitrogens with zero attached hydrogens (tertiary/aromatic N) is 5. The topological polar surface area (TPSA) is 85.0 Å². The van der Waals surface area contributed by atoms with Gasteiger partial charge in [-0.2, -0.15) is 10.2 Å². The Labute approximate surface area is 157 Å². The number of nitrogens with one attached hydrogen (secondary N) is 1. The summed E-state index contributed by atoms with van der Waals surface area (Å²) in [6, 6.07) is -0.569. The quantitative estimate of drug-likeness (QED) is 0.885. The number of aryl methyl sites for hydroxylation is 1. The van der Waals surface area contributed by atoms with E-state index in [1.165, 1.54) is 17.1 Å².